The van der Waals surface area contributed by atoms with E-state index in [2.05, 4.69) is 6.07 Å². The van der Waals surface area contributed by atoms with E-state index in [9.17, 15) is 13.2 Å². The molecule has 2 aliphatic heterocycles. The maximum absolute atomic E-state index is 12.3. The summed E-state index contributed by atoms with van der Waals surface area (Å²) in [5, 5.41) is 8.78. The lowest BCUT2D eigenvalue weighted by atomic mass is 9.92. The summed E-state index contributed by atoms with van der Waals surface area (Å²) in [5.41, 5.74) is 0. The van der Waals surface area contributed by atoms with Crippen molar-refractivity contribution in [2.45, 2.75) is 43.9 Å². The summed E-state index contributed by atoms with van der Waals surface area (Å²) in [6.07, 6.45) is -1.25. The lowest BCUT2D eigenvalue weighted by Crippen LogP contribution is -2.47. The van der Waals surface area contributed by atoms with Crippen LogP contribution in [0.4, 0.5) is 13.2 Å². The van der Waals surface area contributed by atoms with E-state index in [0.717, 1.165) is 12.8 Å². The second-order valence-electron chi connectivity index (χ2n) is 4.47. The molecule has 84 valence electrons. The van der Waals surface area contributed by atoms with Gasteiger partial charge in [-0.2, -0.15) is 18.4 Å². The first-order valence-corrected chi connectivity index (χ1v) is 5.21. The quantitative estimate of drug-likeness (QED) is 0.675. The van der Waals surface area contributed by atoms with E-state index in [-0.39, 0.29) is 18.0 Å². The minimum atomic E-state index is -4.11. The minimum absolute atomic E-state index is 0.0185. The first-order chi connectivity index (χ1) is 6.99. The number of halogens is 3. The Morgan fingerprint density at radius 3 is 2.13 bits per heavy atom. The molecular formula is C10H13F3N2. The van der Waals surface area contributed by atoms with Crippen molar-refractivity contribution >= 4 is 0 Å². The van der Waals surface area contributed by atoms with Crippen LogP contribution >= 0.6 is 0 Å². The van der Waals surface area contributed by atoms with Gasteiger partial charge in [0.05, 0.1) is 12.6 Å². The molecule has 2 rings (SSSR count). The summed E-state index contributed by atoms with van der Waals surface area (Å²) in [4.78, 5) is 1.55. The first kappa shape index (κ1) is 10.7. The van der Waals surface area contributed by atoms with Gasteiger partial charge in [0.2, 0.25) is 0 Å². The Hall–Kier alpha value is -0.760. The van der Waals surface area contributed by atoms with Crippen molar-refractivity contribution in [1.82, 2.24) is 4.90 Å². The van der Waals surface area contributed by atoms with Crippen molar-refractivity contribution in [3.8, 4) is 6.07 Å². The number of hydrogen-bond acceptors (Lipinski definition) is 2. The van der Waals surface area contributed by atoms with Crippen LogP contribution in [0.25, 0.3) is 0 Å². The van der Waals surface area contributed by atoms with Crippen LogP contribution in [0, 0.1) is 17.2 Å². The molecule has 2 fully saturated rings. The summed E-state index contributed by atoms with van der Waals surface area (Å²) in [6.45, 7) is -0.805. The SMILES string of the molecule is N#CC1CC2CCC(C1)N2CC(F)(F)F. The average Bonchev–Trinajstić information content (AvgIpc) is 2.37. The van der Waals surface area contributed by atoms with Gasteiger partial charge in [0.25, 0.3) is 0 Å². The van der Waals surface area contributed by atoms with Crippen molar-refractivity contribution < 1.29 is 13.2 Å². The lowest BCUT2D eigenvalue weighted by molar-refractivity contribution is -0.155. The van der Waals surface area contributed by atoms with Gasteiger partial charge in [-0.05, 0) is 25.7 Å². The second kappa shape index (κ2) is 3.67. The van der Waals surface area contributed by atoms with Gasteiger partial charge >= 0.3 is 6.18 Å². The van der Waals surface area contributed by atoms with Crippen LogP contribution in [-0.4, -0.2) is 29.7 Å². The average molecular weight is 218 g/mol. The molecule has 0 aromatic rings. The highest BCUT2D eigenvalue weighted by Gasteiger charge is 2.45. The summed E-state index contributed by atoms with van der Waals surface area (Å²) < 4.78 is 36.9. The zero-order valence-corrected chi connectivity index (χ0v) is 8.30. The van der Waals surface area contributed by atoms with E-state index in [1.807, 2.05) is 0 Å². The van der Waals surface area contributed by atoms with Gasteiger partial charge in [-0.25, -0.2) is 0 Å². The molecule has 2 unspecified atom stereocenters. The molecule has 5 heteroatoms. The number of rotatable bonds is 1. The smallest absolute Gasteiger partial charge is 0.289 e. The molecule has 2 atom stereocenters. The molecule has 2 nitrogen and oxygen atoms in total. The fourth-order valence-corrected chi connectivity index (χ4v) is 2.84. The maximum Gasteiger partial charge on any atom is 0.401 e. The number of nitrogens with zero attached hydrogens (tertiary/aromatic N) is 2. The number of nitriles is 1. The highest BCUT2D eigenvalue weighted by atomic mass is 19.4. The van der Waals surface area contributed by atoms with Gasteiger partial charge in [-0.15, -0.1) is 0 Å². The van der Waals surface area contributed by atoms with Crippen molar-refractivity contribution in [2.75, 3.05) is 6.54 Å². The molecule has 2 aliphatic rings. The van der Waals surface area contributed by atoms with Crippen LogP contribution in [0.15, 0.2) is 0 Å². The zero-order chi connectivity index (χ0) is 11.1. The van der Waals surface area contributed by atoms with Crippen LogP contribution in [0.3, 0.4) is 0 Å². The van der Waals surface area contributed by atoms with Gasteiger partial charge in [0.1, 0.15) is 0 Å². The van der Waals surface area contributed by atoms with Crippen LogP contribution in [0.2, 0.25) is 0 Å². The second-order valence-corrected chi connectivity index (χ2v) is 4.47. The summed E-state index contributed by atoms with van der Waals surface area (Å²) in [7, 11) is 0. The summed E-state index contributed by atoms with van der Waals surface area (Å²) >= 11 is 0. The zero-order valence-electron chi connectivity index (χ0n) is 8.30. The molecule has 2 saturated heterocycles. The Labute approximate surface area is 86.7 Å². The molecule has 0 radical (unpaired) electrons. The van der Waals surface area contributed by atoms with Crippen molar-refractivity contribution in [3.05, 3.63) is 0 Å². The predicted molar refractivity (Wildman–Crippen MR) is 47.9 cm³/mol. The normalized spacial score (nSPS) is 36.5. The van der Waals surface area contributed by atoms with Crippen molar-refractivity contribution in [3.63, 3.8) is 0 Å². The fraction of sp³-hybridized carbons (Fsp3) is 0.900. The fourth-order valence-electron chi connectivity index (χ4n) is 2.84. The third kappa shape index (κ3) is 2.25. The van der Waals surface area contributed by atoms with Gasteiger partial charge in [-0.1, -0.05) is 0 Å². The van der Waals surface area contributed by atoms with E-state index < -0.39 is 12.7 Å². The topological polar surface area (TPSA) is 27.0 Å². The molecule has 0 N–H and O–H groups in total. The third-order valence-corrected chi connectivity index (χ3v) is 3.43. The number of hydrogen-bond donors (Lipinski definition) is 0. The van der Waals surface area contributed by atoms with E-state index in [4.69, 9.17) is 5.26 Å². The standard InChI is InChI=1S/C10H13F3N2/c11-10(12,13)6-15-8-1-2-9(15)4-7(3-8)5-14/h7-9H,1-4,6H2. The molecule has 2 bridgehead atoms. The molecule has 0 aromatic carbocycles. The molecular weight excluding hydrogens is 205 g/mol. The maximum atomic E-state index is 12.3. The summed E-state index contributed by atoms with van der Waals surface area (Å²) in [5.74, 6) is -0.0352. The molecule has 0 aliphatic carbocycles. The largest absolute Gasteiger partial charge is 0.401 e. The molecule has 0 spiro atoms. The Kier molecular flexibility index (Phi) is 2.63. The third-order valence-electron chi connectivity index (χ3n) is 3.43. The van der Waals surface area contributed by atoms with E-state index in [0.29, 0.717) is 12.8 Å². The van der Waals surface area contributed by atoms with Crippen molar-refractivity contribution in [2.24, 2.45) is 5.92 Å². The lowest BCUT2D eigenvalue weighted by Gasteiger charge is -2.37. The molecule has 15 heavy (non-hydrogen) atoms. The Morgan fingerprint density at radius 1 is 1.20 bits per heavy atom. The van der Waals surface area contributed by atoms with Crippen LogP contribution in [0.1, 0.15) is 25.7 Å². The highest BCUT2D eigenvalue weighted by molar-refractivity contribution is 5.01. The number of fused-ring (bicyclic) bond motifs is 2. The van der Waals surface area contributed by atoms with E-state index in [1.54, 1.807) is 4.90 Å². The van der Waals surface area contributed by atoms with Gasteiger partial charge in [0, 0.05) is 18.0 Å². The minimum Gasteiger partial charge on any atom is -0.289 e. The van der Waals surface area contributed by atoms with Crippen LogP contribution in [0.5, 0.6) is 0 Å². The molecule has 0 aromatic heterocycles. The van der Waals surface area contributed by atoms with E-state index in [1.165, 1.54) is 0 Å². The van der Waals surface area contributed by atoms with Crippen molar-refractivity contribution in [1.29, 1.82) is 5.26 Å². The molecule has 2 heterocycles. The molecule has 0 saturated carbocycles. The number of piperidine rings is 1. The predicted octanol–water partition coefficient (Wildman–Crippen LogP) is 2.32. The Bertz CT molecular complexity index is 267. The highest BCUT2D eigenvalue weighted by Crippen LogP contribution is 2.39. The van der Waals surface area contributed by atoms with Crippen LogP contribution in [-0.2, 0) is 0 Å². The summed E-state index contributed by atoms with van der Waals surface area (Å²) in [6, 6.07) is 2.14. The molecule has 0 amide bonds. The Balaban J connectivity index is 2.02. The van der Waals surface area contributed by atoms with Gasteiger partial charge in [0.15, 0.2) is 0 Å². The monoisotopic (exact) mass is 218 g/mol. The number of alkyl halides is 3. The van der Waals surface area contributed by atoms with Gasteiger partial charge < -0.3 is 0 Å². The Morgan fingerprint density at radius 2 is 1.73 bits per heavy atom. The van der Waals surface area contributed by atoms with Crippen LogP contribution < -0.4 is 0 Å². The first-order valence-electron chi connectivity index (χ1n) is 5.21. The van der Waals surface area contributed by atoms with Gasteiger partial charge in [-0.3, -0.25) is 4.90 Å². The van der Waals surface area contributed by atoms with E-state index >= 15 is 0 Å².